The number of aromatic nitrogens is 1. The number of hydrogen-bond acceptors (Lipinski definition) is 5. The zero-order chi connectivity index (χ0) is 24.2. The third-order valence-electron chi connectivity index (χ3n) is 6.19. The minimum absolute atomic E-state index is 0.0515. The summed E-state index contributed by atoms with van der Waals surface area (Å²) in [7, 11) is 1.57. The molecule has 3 amide bonds. The third kappa shape index (κ3) is 4.96. The second-order valence-electron chi connectivity index (χ2n) is 8.45. The first-order valence-corrected chi connectivity index (χ1v) is 11.6. The number of rotatable bonds is 5. The van der Waals surface area contributed by atoms with Crippen LogP contribution in [0.15, 0.2) is 77.2 Å². The Balaban J connectivity index is 1.14. The number of urea groups is 1. The Kier molecular flexibility index (Phi) is 6.34. The van der Waals surface area contributed by atoms with Crippen LogP contribution < -0.4 is 15.4 Å². The Morgan fingerprint density at radius 3 is 2.40 bits per heavy atom. The lowest BCUT2D eigenvalue weighted by Gasteiger charge is -2.31. The number of anilines is 2. The van der Waals surface area contributed by atoms with Crippen molar-refractivity contribution >= 4 is 34.4 Å². The predicted octanol–water partition coefficient (Wildman–Crippen LogP) is 5.39. The molecule has 1 aromatic heterocycles. The highest BCUT2D eigenvalue weighted by molar-refractivity contribution is 5.94. The van der Waals surface area contributed by atoms with Gasteiger partial charge in [0.15, 0.2) is 5.58 Å². The van der Waals surface area contributed by atoms with Crippen LogP contribution in [-0.2, 0) is 4.79 Å². The molecule has 8 heteroatoms. The van der Waals surface area contributed by atoms with Crippen LogP contribution in [0.1, 0.15) is 12.8 Å². The second-order valence-corrected chi connectivity index (χ2v) is 8.45. The van der Waals surface area contributed by atoms with Crippen molar-refractivity contribution in [1.29, 1.82) is 0 Å². The maximum absolute atomic E-state index is 12.8. The Hall–Kier alpha value is -4.33. The van der Waals surface area contributed by atoms with Crippen molar-refractivity contribution in [2.24, 2.45) is 5.92 Å². The number of benzene rings is 3. The highest BCUT2D eigenvalue weighted by atomic mass is 16.5. The molecule has 1 aliphatic rings. The summed E-state index contributed by atoms with van der Waals surface area (Å²) in [6.45, 7) is 1.02. The quantitative estimate of drug-likeness (QED) is 0.408. The smallest absolute Gasteiger partial charge is 0.321 e. The number of fused-ring (bicyclic) bond motifs is 1. The largest absolute Gasteiger partial charge is 0.495 e. The molecule has 0 atom stereocenters. The number of ether oxygens (including phenoxy) is 1. The first-order valence-electron chi connectivity index (χ1n) is 11.6. The molecule has 35 heavy (non-hydrogen) atoms. The van der Waals surface area contributed by atoms with Crippen molar-refractivity contribution in [2.75, 3.05) is 30.8 Å². The molecule has 5 rings (SSSR count). The lowest BCUT2D eigenvalue weighted by atomic mass is 9.96. The van der Waals surface area contributed by atoms with E-state index in [0.29, 0.717) is 48.9 Å². The van der Waals surface area contributed by atoms with E-state index in [-0.39, 0.29) is 17.9 Å². The van der Waals surface area contributed by atoms with Gasteiger partial charge in [0.05, 0.1) is 12.8 Å². The molecule has 4 aromatic rings. The molecule has 178 valence electrons. The van der Waals surface area contributed by atoms with Gasteiger partial charge in [-0.05, 0) is 61.4 Å². The number of nitrogens with one attached hydrogen (secondary N) is 2. The highest BCUT2D eigenvalue weighted by Gasteiger charge is 2.28. The number of oxazole rings is 1. The number of methoxy groups -OCH3 is 1. The summed E-state index contributed by atoms with van der Waals surface area (Å²) in [6.07, 6.45) is 1.20. The number of hydrogen-bond donors (Lipinski definition) is 2. The molecule has 0 spiro atoms. The first-order chi connectivity index (χ1) is 17.1. The normalized spacial score (nSPS) is 14.0. The molecule has 2 heterocycles. The molecule has 1 aliphatic heterocycles. The zero-order valence-corrected chi connectivity index (χ0v) is 19.4. The van der Waals surface area contributed by atoms with Gasteiger partial charge in [-0.1, -0.05) is 24.3 Å². The van der Waals surface area contributed by atoms with Gasteiger partial charge < -0.3 is 24.7 Å². The maximum Gasteiger partial charge on any atom is 0.321 e. The third-order valence-corrected chi connectivity index (χ3v) is 6.19. The van der Waals surface area contributed by atoms with Gasteiger partial charge in [0.2, 0.25) is 11.8 Å². The average molecular weight is 471 g/mol. The predicted molar refractivity (Wildman–Crippen MR) is 134 cm³/mol. The van der Waals surface area contributed by atoms with E-state index in [1.54, 1.807) is 12.0 Å². The molecule has 0 saturated carbocycles. The minimum Gasteiger partial charge on any atom is -0.495 e. The van der Waals surface area contributed by atoms with Crippen molar-refractivity contribution in [1.82, 2.24) is 9.88 Å². The van der Waals surface area contributed by atoms with Crippen LogP contribution in [0, 0.1) is 5.92 Å². The van der Waals surface area contributed by atoms with E-state index in [9.17, 15) is 9.59 Å². The lowest BCUT2D eigenvalue weighted by molar-refractivity contribution is -0.121. The molecule has 1 fully saturated rings. The summed E-state index contributed by atoms with van der Waals surface area (Å²) in [4.78, 5) is 31.7. The number of piperidine rings is 1. The van der Waals surface area contributed by atoms with E-state index in [1.165, 1.54) is 0 Å². The van der Waals surface area contributed by atoms with Crippen molar-refractivity contribution in [3.05, 3.63) is 72.8 Å². The molecular weight excluding hydrogens is 444 g/mol. The molecule has 0 radical (unpaired) electrons. The van der Waals surface area contributed by atoms with Gasteiger partial charge in [0.25, 0.3) is 0 Å². The molecular formula is C27H26N4O4. The van der Waals surface area contributed by atoms with Crippen LogP contribution >= 0.6 is 0 Å². The monoisotopic (exact) mass is 470 g/mol. The van der Waals surface area contributed by atoms with Crippen LogP contribution in [0.4, 0.5) is 16.2 Å². The summed E-state index contributed by atoms with van der Waals surface area (Å²) < 4.78 is 11.1. The van der Waals surface area contributed by atoms with Crippen molar-refractivity contribution in [3.63, 3.8) is 0 Å². The Labute approximate surface area is 202 Å². The Morgan fingerprint density at radius 2 is 1.66 bits per heavy atom. The highest BCUT2D eigenvalue weighted by Crippen LogP contribution is 2.27. The minimum atomic E-state index is -0.178. The van der Waals surface area contributed by atoms with Crippen molar-refractivity contribution in [2.45, 2.75) is 12.8 Å². The number of carbonyl (C=O) groups is 2. The SMILES string of the molecule is COc1ccccc1NC(=O)C1CCN(C(=O)Nc2ccc(-c3nc4ccccc4o3)cc2)CC1. The van der Waals surface area contributed by atoms with E-state index in [4.69, 9.17) is 9.15 Å². The Morgan fingerprint density at radius 1 is 0.943 bits per heavy atom. The topological polar surface area (TPSA) is 96.7 Å². The molecule has 1 saturated heterocycles. The second kappa shape index (κ2) is 9.89. The first kappa shape index (κ1) is 22.5. The summed E-state index contributed by atoms with van der Waals surface area (Å²) in [5, 5.41) is 5.88. The van der Waals surface area contributed by atoms with Gasteiger partial charge >= 0.3 is 6.03 Å². The summed E-state index contributed by atoms with van der Waals surface area (Å²) in [5.41, 5.74) is 3.72. The van der Waals surface area contributed by atoms with Crippen molar-refractivity contribution in [3.8, 4) is 17.2 Å². The summed E-state index contributed by atoms with van der Waals surface area (Å²) in [5.74, 6) is 0.959. The number of para-hydroxylation sites is 4. The summed E-state index contributed by atoms with van der Waals surface area (Å²) in [6, 6.07) is 22.2. The van der Waals surface area contributed by atoms with E-state index >= 15 is 0 Å². The van der Waals surface area contributed by atoms with E-state index in [0.717, 1.165) is 16.7 Å². The lowest BCUT2D eigenvalue weighted by Crippen LogP contribution is -2.43. The van der Waals surface area contributed by atoms with E-state index in [2.05, 4.69) is 15.6 Å². The van der Waals surface area contributed by atoms with Crippen molar-refractivity contribution < 1.29 is 18.7 Å². The van der Waals surface area contributed by atoms with Crippen LogP contribution in [0.2, 0.25) is 0 Å². The number of likely N-dealkylation sites (tertiary alicyclic amines) is 1. The van der Waals surface area contributed by atoms with Gasteiger partial charge in [-0.15, -0.1) is 0 Å². The fourth-order valence-corrected chi connectivity index (χ4v) is 4.22. The fourth-order valence-electron chi connectivity index (χ4n) is 4.22. The van der Waals surface area contributed by atoms with Gasteiger partial charge in [-0.2, -0.15) is 0 Å². The van der Waals surface area contributed by atoms with Gasteiger partial charge in [-0.3, -0.25) is 4.79 Å². The van der Waals surface area contributed by atoms with Gasteiger partial charge in [-0.25, -0.2) is 9.78 Å². The molecule has 0 aliphatic carbocycles. The molecule has 3 aromatic carbocycles. The van der Waals surface area contributed by atoms with Crippen LogP contribution in [-0.4, -0.2) is 42.0 Å². The van der Waals surface area contributed by atoms with Gasteiger partial charge in [0, 0.05) is 30.3 Å². The molecule has 0 bridgehead atoms. The maximum atomic E-state index is 12.8. The average Bonchev–Trinajstić information content (AvgIpc) is 3.34. The molecule has 8 nitrogen and oxygen atoms in total. The zero-order valence-electron chi connectivity index (χ0n) is 19.4. The number of carbonyl (C=O) groups excluding carboxylic acids is 2. The molecule has 2 N–H and O–H groups in total. The fraction of sp³-hybridized carbons (Fsp3) is 0.222. The van der Waals surface area contributed by atoms with E-state index < -0.39 is 0 Å². The van der Waals surface area contributed by atoms with E-state index in [1.807, 2.05) is 72.8 Å². The van der Waals surface area contributed by atoms with Crippen LogP contribution in [0.3, 0.4) is 0 Å². The van der Waals surface area contributed by atoms with Crippen LogP contribution in [0.25, 0.3) is 22.6 Å². The number of nitrogens with zero attached hydrogens (tertiary/aromatic N) is 2. The molecule has 0 unspecified atom stereocenters. The van der Waals surface area contributed by atoms with Gasteiger partial charge in [0.1, 0.15) is 11.3 Å². The standard InChI is InChI=1S/C27H26N4O4/c1-34-23-8-4-2-6-21(23)29-25(32)18-14-16-31(17-15-18)27(33)28-20-12-10-19(11-13-20)26-30-22-7-3-5-9-24(22)35-26/h2-13,18H,14-17H2,1H3,(H,28,33)(H,29,32). The Bertz CT molecular complexity index is 1310. The van der Waals surface area contributed by atoms with Crippen LogP contribution in [0.5, 0.6) is 5.75 Å². The number of amides is 3. The summed E-state index contributed by atoms with van der Waals surface area (Å²) >= 11 is 0.